The maximum Gasteiger partial charge on any atom is 0.0682 e. The lowest BCUT2D eigenvalue weighted by atomic mass is 10.2. The molecule has 72 valence electrons. The molecule has 2 atom stereocenters. The van der Waals surface area contributed by atoms with E-state index >= 15 is 0 Å². The largest absolute Gasteiger partial charge is 0.392 e. The van der Waals surface area contributed by atoms with E-state index in [9.17, 15) is 5.11 Å². The van der Waals surface area contributed by atoms with Crippen LogP contribution in [-0.2, 0) is 4.74 Å². The van der Waals surface area contributed by atoms with Crippen molar-refractivity contribution in [1.82, 2.24) is 4.90 Å². The molecule has 0 spiro atoms. The van der Waals surface area contributed by atoms with Crippen LogP contribution in [0.4, 0.5) is 0 Å². The van der Waals surface area contributed by atoms with Gasteiger partial charge in [0, 0.05) is 25.7 Å². The average Bonchev–Trinajstić information content (AvgIpc) is 2.31. The number of nitrogens with zero attached hydrogens (tertiary/aromatic N) is 1. The predicted octanol–water partition coefficient (Wildman–Crippen LogP) is 0.478. The highest BCUT2D eigenvalue weighted by molar-refractivity contribution is 4.81. The molecule has 0 unspecified atom stereocenters. The van der Waals surface area contributed by atoms with E-state index in [0.29, 0.717) is 6.04 Å². The van der Waals surface area contributed by atoms with E-state index in [1.54, 1.807) is 0 Å². The standard InChI is InChI=1S/C9H19NO2/c1-3-12-5-4-10-7-9(11)6-8(10)2/h8-9,11H,3-7H2,1-2H3/t8-,9+/m0/s1. The summed E-state index contributed by atoms with van der Waals surface area (Å²) in [5.74, 6) is 0. The van der Waals surface area contributed by atoms with Crippen LogP contribution in [0, 0.1) is 0 Å². The quantitative estimate of drug-likeness (QED) is 0.628. The first kappa shape index (κ1) is 9.96. The molecule has 0 radical (unpaired) electrons. The van der Waals surface area contributed by atoms with Crippen molar-refractivity contribution in [1.29, 1.82) is 0 Å². The fourth-order valence-corrected chi connectivity index (χ4v) is 1.71. The van der Waals surface area contributed by atoms with Gasteiger partial charge in [-0.25, -0.2) is 0 Å². The summed E-state index contributed by atoms with van der Waals surface area (Å²) >= 11 is 0. The highest BCUT2D eigenvalue weighted by Crippen LogP contribution is 2.16. The monoisotopic (exact) mass is 173 g/mol. The van der Waals surface area contributed by atoms with Crippen LogP contribution in [0.5, 0.6) is 0 Å². The normalized spacial score (nSPS) is 31.2. The fraction of sp³-hybridized carbons (Fsp3) is 1.00. The number of rotatable bonds is 4. The third-order valence-electron chi connectivity index (χ3n) is 2.41. The molecule has 1 saturated heterocycles. The van der Waals surface area contributed by atoms with Gasteiger partial charge in [-0.15, -0.1) is 0 Å². The van der Waals surface area contributed by atoms with Crippen molar-refractivity contribution in [3.05, 3.63) is 0 Å². The predicted molar refractivity (Wildman–Crippen MR) is 48.2 cm³/mol. The van der Waals surface area contributed by atoms with Crippen LogP contribution in [0.15, 0.2) is 0 Å². The second-order valence-electron chi connectivity index (χ2n) is 3.43. The minimum absolute atomic E-state index is 0.123. The molecule has 0 aromatic rings. The van der Waals surface area contributed by atoms with Gasteiger partial charge in [0.25, 0.3) is 0 Å². The van der Waals surface area contributed by atoms with Gasteiger partial charge in [0.05, 0.1) is 12.7 Å². The van der Waals surface area contributed by atoms with Crippen molar-refractivity contribution in [3.63, 3.8) is 0 Å². The van der Waals surface area contributed by atoms with Gasteiger partial charge in [-0.3, -0.25) is 4.90 Å². The lowest BCUT2D eigenvalue weighted by Gasteiger charge is -2.19. The Morgan fingerprint density at radius 1 is 1.58 bits per heavy atom. The number of hydrogen-bond acceptors (Lipinski definition) is 3. The molecule has 0 amide bonds. The smallest absolute Gasteiger partial charge is 0.0682 e. The molecule has 1 fully saturated rings. The van der Waals surface area contributed by atoms with Crippen molar-refractivity contribution in [2.45, 2.75) is 32.4 Å². The van der Waals surface area contributed by atoms with Crippen molar-refractivity contribution in [3.8, 4) is 0 Å². The van der Waals surface area contributed by atoms with E-state index in [-0.39, 0.29) is 6.10 Å². The van der Waals surface area contributed by atoms with Gasteiger partial charge in [-0.1, -0.05) is 0 Å². The van der Waals surface area contributed by atoms with E-state index < -0.39 is 0 Å². The molecule has 3 heteroatoms. The number of β-amino-alcohol motifs (C(OH)–C–C–N with tert-alkyl or cyclic N) is 1. The Labute approximate surface area is 74.3 Å². The van der Waals surface area contributed by atoms with Crippen LogP contribution in [0.25, 0.3) is 0 Å². The van der Waals surface area contributed by atoms with Gasteiger partial charge in [-0.05, 0) is 20.3 Å². The molecule has 1 N–H and O–H groups in total. The van der Waals surface area contributed by atoms with E-state index in [2.05, 4.69) is 11.8 Å². The van der Waals surface area contributed by atoms with E-state index in [1.165, 1.54) is 0 Å². The Bertz CT molecular complexity index is 130. The summed E-state index contributed by atoms with van der Waals surface area (Å²) in [5.41, 5.74) is 0. The van der Waals surface area contributed by atoms with Gasteiger partial charge in [0.1, 0.15) is 0 Å². The number of likely N-dealkylation sites (tertiary alicyclic amines) is 1. The molecule has 3 nitrogen and oxygen atoms in total. The molecule has 12 heavy (non-hydrogen) atoms. The molecular formula is C9H19NO2. The van der Waals surface area contributed by atoms with Crippen LogP contribution in [0.3, 0.4) is 0 Å². The van der Waals surface area contributed by atoms with Crippen LogP contribution < -0.4 is 0 Å². The summed E-state index contributed by atoms with van der Waals surface area (Å²) < 4.78 is 5.26. The summed E-state index contributed by atoms with van der Waals surface area (Å²) in [6, 6.07) is 0.514. The third-order valence-corrected chi connectivity index (χ3v) is 2.41. The van der Waals surface area contributed by atoms with Gasteiger partial charge < -0.3 is 9.84 Å². The average molecular weight is 173 g/mol. The highest BCUT2D eigenvalue weighted by atomic mass is 16.5. The van der Waals surface area contributed by atoms with Crippen LogP contribution in [0.2, 0.25) is 0 Å². The molecule has 1 aliphatic heterocycles. The summed E-state index contributed by atoms with van der Waals surface area (Å²) in [5, 5.41) is 9.34. The second kappa shape index (κ2) is 4.80. The van der Waals surface area contributed by atoms with Crippen molar-refractivity contribution in [2.75, 3.05) is 26.3 Å². The molecule has 0 bridgehead atoms. The number of hydrogen-bond donors (Lipinski definition) is 1. The van der Waals surface area contributed by atoms with Crippen molar-refractivity contribution >= 4 is 0 Å². The Hall–Kier alpha value is -0.120. The van der Waals surface area contributed by atoms with Crippen LogP contribution in [0.1, 0.15) is 20.3 Å². The summed E-state index contributed by atoms with van der Waals surface area (Å²) in [7, 11) is 0. The second-order valence-corrected chi connectivity index (χ2v) is 3.43. The maximum atomic E-state index is 9.34. The molecule has 1 rings (SSSR count). The molecule has 0 aliphatic carbocycles. The first-order valence-corrected chi connectivity index (χ1v) is 4.74. The number of aliphatic hydroxyl groups excluding tert-OH is 1. The van der Waals surface area contributed by atoms with Crippen LogP contribution in [-0.4, -0.2) is 48.5 Å². The summed E-state index contributed by atoms with van der Waals surface area (Å²) in [6.45, 7) is 7.49. The molecule has 0 saturated carbocycles. The topological polar surface area (TPSA) is 32.7 Å². The number of ether oxygens (including phenoxy) is 1. The highest BCUT2D eigenvalue weighted by Gasteiger charge is 2.26. The third kappa shape index (κ3) is 2.73. The Morgan fingerprint density at radius 3 is 2.83 bits per heavy atom. The van der Waals surface area contributed by atoms with Gasteiger partial charge in [-0.2, -0.15) is 0 Å². The summed E-state index contributed by atoms with van der Waals surface area (Å²) in [4.78, 5) is 2.28. The van der Waals surface area contributed by atoms with Gasteiger partial charge in [0.2, 0.25) is 0 Å². The Balaban J connectivity index is 2.15. The van der Waals surface area contributed by atoms with Crippen LogP contribution >= 0.6 is 0 Å². The first-order chi connectivity index (χ1) is 5.74. The molecule has 1 aliphatic rings. The minimum Gasteiger partial charge on any atom is -0.392 e. The zero-order valence-electron chi connectivity index (χ0n) is 7.99. The Morgan fingerprint density at radius 2 is 2.33 bits per heavy atom. The minimum atomic E-state index is -0.123. The molecular weight excluding hydrogens is 154 g/mol. The van der Waals surface area contributed by atoms with E-state index in [1.807, 2.05) is 6.92 Å². The van der Waals surface area contributed by atoms with Gasteiger partial charge in [0.15, 0.2) is 0 Å². The summed E-state index contributed by atoms with van der Waals surface area (Å²) in [6.07, 6.45) is 0.785. The molecule has 0 aromatic heterocycles. The lowest BCUT2D eigenvalue weighted by Crippen LogP contribution is -2.31. The number of aliphatic hydroxyl groups is 1. The van der Waals surface area contributed by atoms with Crippen molar-refractivity contribution < 1.29 is 9.84 Å². The Kier molecular flexibility index (Phi) is 3.98. The lowest BCUT2D eigenvalue weighted by molar-refractivity contribution is 0.105. The maximum absolute atomic E-state index is 9.34. The zero-order chi connectivity index (χ0) is 8.97. The van der Waals surface area contributed by atoms with Gasteiger partial charge >= 0.3 is 0 Å². The van der Waals surface area contributed by atoms with Crippen molar-refractivity contribution in [2.24, 2.45) is 0 Å². The van der Waals surface area contributed by atoms with E-state index in [4.69, 9.17) is 4.74 Å². The van der Waals surface area contributed by atoms with E-state index in [0.717, 1.165) is 32.7 Å². The zero-order valence-corrected chi connectivity index (χ0v) is 7.99. The first-order valence-electron chi connectivity index (χ1n) is 4.74. The molecule has 1 heterocycles. The molecule has 0 aromatic carbocycles. The SMILES string of the molecule is CCOCCN1C[C@H](O)C[C@@H]1C. The fourth-order valence-electron chi connectivity index (χ4n) is 1.71.